The summed E-state index contributed by atoms with van der Waals surface area (Å²) in [5.74, 6) is 0. The van der Waals surface area contributed by atoms with E-state index in [0.717, 1.165) is 0 Å². The zero-order chi connectivity index (χ0) is 23.4. The molecular formula is C34H19NS. The number of rotatable bonds is 1. The number of hydrogen-bond donors (Lipinski definition) is 0. The molecule has 1 aliphatic rings. The van der Waals surface area contributed by atoms with Gasteiger partial charge in [-0.1, -0.05) is 91.0 Å². The SMILES string of the molecule is c1ccc2c(c1)-c1cccc3c1c-2cc1c2ccccc2n(-c2cccc4c2sc2ccccc24)c31. The summed E-state index contributed by atoms with van der Waals surface area (Å²) in [5, 5.41) is 7.99. The first kappa shape index (κ1) is 18.9. The summed E-state index contributed by atoms with van der Waals surface area (Å²) in [7, 11) is 0. The molecule has 0 saturated heterocycles. The zero-order valence-corrected chi connectivity index (χ0v) is 20.1. The van der Waals surface area contributed by atoms with Gasteiger partial charge in [0.1, 0.15) is 0 Å². The fraction of sp³-hybridized carbons (Fsp3) is 0. The highest BCUT2D eigenvalue weighted by molar-refractivity contribution is 7.26. The Hall–Kier alpha value is -4.40. The number of thiophene rings is 1. The Bertz CT molecular complexity index is 2210. The molecule has 1 nitrogen and oxygen atoms in total. The number of benzene rings is 6. The summed E-state index contributed by atoms with van der Waals surface area (Å²) in [5.41, 5.74) is 9.20. The molecule has 0 aliphatic heterocycles. The number of hydrogen-bond acceptors (Lipinski definition) is 1. The van der Waals surface area contributed by atoms with E-state index >= 15 is 0 Å². The van der Waals surface area contributed by atoms with Gasteiger partial charge in [0.15, 0.2) is 0 Å². The van der Waals surface area contributed by atoms with Crippen LogP contribution in [0.3, 0.4) is 0 Å². The van der Waals surface area contributed by atoms with Crippen molar-refractivity contribution in [3.05, 3.63) is 115 Å². The van der Waals surface area contributed by atoms with E-state index in [2.05, 4.69) is 120 Å². The Morgan fingerprint density at radius 1 is 0.472 bits per heavy atom. The van der Waals surface area contributed by atoms with Crippen LogP contribution in [0.5, 0.6) is 0 Å². The van der Waals surface area contributed by atoms with Crippen molar-refractivity contribution in [2.24, 2.45) is 0 Å². The summed E-state index contributed by atoms with van der Waals surface area (Å²) in [4.78, 5) is 0. The van der Waals surface area contributed by atoms with Gasteiger partial charge < -0.3 is 4.57 Å². The number of nitrogens with zero attached hydrogens (tertiary/aromatic N) is 1. The lowest BCUT2D eigenvalue weighted by Crippen LogP contribution is -1.95. The van der Waals surface area contributed by atoms with Gasteiger partial charge in [0, 0.05) is 31.6 Å². The summed E-state index contributed by atoms with van der Waals surface area (Å²) >= 11 is 1.90. The predicted octanol–water partition coefficient (Wildman–Crippen LogP) is 9.95. The Morgan fingerprint density at radius 2 is 1.14 bits per heavy atom. The van der Waals surface area contributed by atoms with E-state index in [1.807, 2.05) is 11.3 Å². The molecule has 166 valence electrons. The van der Waals surface area contributed by atoms with Crippen LogP contribution in [0.15, 0.2) is 115 Å². The predicted molar refractivity (Wildman–Crippen MR) is 156 cm³/mol. The van der Waals surface area contributed by atoms with Crippen LogP contribution in [0, 0.1) is 0 Å². The van der Waals surface area contributed by atoms with Crippen LogP contribution in [-0.2, 0) is 0 Å². The third kappa shape index (κ3) is 2.21. The minimum atomic E-state index is 1.26. The average molecular weight is 474 g/mol. The van der Waals surface area contributed by atoms with E-state index in [1.165, 1.54) is 80.7 Å². The Labute approximate surface area is 211 Å². The number of fused-ring (bicyclic) bond motifs is 10. The van der Waals surface area contributed by atoms with Crippen LogP contribution in [0.4, 0.5) is 0 Å². The maximum Gasteiger partial charge on any atom is 0.0641 e. The standard InChI is InChI=1S/C34H19NS/c1-2-10-21-20(9-1)24-13-7-15-26-32(24)27(21)19-28-22-11-3-5-16-29(22)35(33(26)28)30-17-8-14-25-23-12-4-6-18-31(23)36-34(25)30/h1-19H. The Morgan fingerprint density at radius 3 is 2.06 bits per heavy atom. The van der Waals surface area contributed by atoms with Crippen molar-refractivity contribution in [3.63, 3.8) is 0 Å². The largest absolute Gasteiger partial charge is 0.307 e. The van der Waals surface area contributed by atoms with E-state index in [9.17, 15) is 0 Å². The van der Waals surface area contributed by atoms with Crippen LogP contribution in [0.1, 0.15) is 0 Å². The first-order valence-electron chi connectivity index (χ1n) is 12.4. The van der Waals surface area contributed by atoms with Crippen molar-refractivity contribution >= 4 is 64.1 Å². The van der Waals surface area contributed by atoms with Crippen molar-refractivity contribution in [1.82, 2.24) is 4.57 Å². The molecule has 0 amide bonds. The van der Waals surface area contributed by atoms with Crippen LogP contribution < -0.4 is 0 Å². The van der Waals surface area contributed by atoms with Crippen LogP contribution >= 0.6 is 11.3 Å². The van der Waals surface area contributed by atoms with Gasteiger partial charge in [0.25, 0.3) is 0 Å². The van der Waals surface area contributed by atoms with Gasteiger partial charge in [-0.3, -0.25) is 0 Å². The molecule has 8 aromatic rings. The van der Waals surface area contributed by atoms with Gasteiger partial charge in [-0.15, -0.1) is 11.3 Å². The second-order valence-corrected chi connectivity index (χ2v) is 10.8. The van der Waals surface area contributed by atoms with Crippen molar-refractivity contribution in [2.45, 2.75) is 0 Å². The monoisotopic (exact) mass is 473 g/mol. The molecule has 0 atom stereocenters. The van der Waals surface area contributed by atoms with Gasteiger partial charge in [-0.2, -0.15) is 0 Å². The first-order chi connectivity index (χ1) is 17.9. The fourth-order valence-corrected chi connectivity index (χ4v) is 7.69. The lowest BCUT2D eigenvalue weighted by atomic mass is 9.99. The molecule has 0 spiro atoms. The van der Waals surface area contributed by atoms with Crippen molar-refractivity contribution < 1.29 is 0 Å². The van der Waals surface area contributed by atoms with Gasteiger partial charge in [-0.25, -0.2) is 0 Å². The lowest BCUT2D eigenvalue weighted by molar-refractivity contribution is 1.21. The number of aromatic nitrogens is 1. The van der Waals surface area contributed by atoms with Crippen LogP contribution in [0.2, 0.25) is 0 Å². The quantitative estimate of drug-likeness (QED) is 0.223. The van der Waals surface area contributed by atoms with Gasteiger partial charge in [0.2, 0.25) is 0 Å². The highest BCUT2D eigenvalue weighted by Crippen LogP contribution is 2.51. The van der Waals surface area contributed by atoms with E-state index < -0.39 is 0 Å². The van der Waals surface area contributed by atoms with Gasteiger partial charge >= 0.3 is 0 Å². The zero-order valence-electron chi connectivity index (χ0n) is 19.3. The van der Waals surface area contributed by atoms with Crippen molar-refractivity contribution in [3.8, 4) is 27.9 Å². The number of para-hydroxylation sites is 1. The average Bonchev–Trinajstić information content (AvgIpc) is 3.58. The molecule has 2 heterocycles. The second-order valence-electron chi connectivity index (χ2n) is 9.70. The van der Waals surface area contributed by atoms with E-state index in [4.69, 9.17) is 0 Å². The molecule has 36 heavy (non-hydrogen) atoms. The molecule has 2 heteroatoms. The Balaban J connectivity index is 1.53. The molecule has 0 saturated carbocycles. The van der Waals surface area contributed by atoms with Crippen LogP contribution in [0.25, 0.3) is 80.7 Å². The highest BCUT2D eigenvalue weighted by atomic mass is 32.1. The molecule has 0 N–H and O–H groups in total. The van der Waals surface area contributed by atoms with Crippen molar-refractivity contribution in [2.75, 3.05) is 0 Å². The molecule has 0 unspecified atom stereocenters. The first-order valence-corrected chi connectivity index (χ1v) is 13.2. The normalized spacial score (nSPS) is 12.4. The summed E-state index contributed by atoms with van der Waals surface area (Å²) in [6, 6.07) is 42.5. The third-order valence-electron chi connectivity index (χ3n) is 7.92. The topological polar surface area (TPSA) is 4.93 Å². The van der Waals surface area contributed by atoms with Crippen molar-refractivity contribution in [1.29, 1.82) is 0 Å². The lowest BCUT2D eigenvalue weighted by Gasteiger charge is -2.12. The summed E-state index contributed by atoms with van der Waals surface area (Å²) in [6.07, 6.45) is 0. The molecule has 6 aromatic carbocycles. The summed E-state index contributed by atoms with van der Waals surface area (Å²) in [6.45, 7) is 0. The molecule has 1 aliphatic carbocycles. The molecular weight excluding hydrogens is 454 g/mol. The second kappa shape index (κ2) is 6.63. The molecule has 9 rings (SSSR count). The minimum absolute atomic E-state index is 1.26. The van der Waals surface area contributed by atoms with Gasteiger partial charge in [0.05, 0.1) is 21.4 Å². The molecule has 0 bridgehead atoms. The maximum atomic E-state index is 2.52. The molecule has 2 aromatic heterocycles. The maximum absolute atomic E-state index is 2.52. The third-order valence-corrected chi connectivity index (χ3v) is 9.13. The smallest absolute Gasteiger partial charge is 0.0641 e. The van der Waals surface area contributed by atoms with Gasteiger partial charge in [-0.05, 0) is 51.9 Å². The van der Waals surface area contributed by atoms with E-state index in [-0.39, 0.29) is 0 Å². The fourth-order valence-electron chi connectivity index (χ4n) is 6.48. The molecule has 0 radical (unpaired) electrons. The summed E-state index contributed by atoms with van der Waals surface area (Å²) < 4.78 is 5.20. The highest BCUT2D eigenvalue weighted by Gasteiger charge is 2.25. The Kier molecular flexibility index (Phi) is 3.47. The van der Waals surface area contributed by atoms with E-state index in [1.54, 1.807) is 0 Å². The molecule has 0 fully saturated rings. The minimum Gasteiger partial charge on any atom is -0.307 e. The van der Waals surface area contributed by atoms with Crippen LogP contribution in [-0.4, -0.2) is 4.57 Å². The van der Waals surface area contributed by atoms with E-state index in [0.29, 0.717) is 0 Å².